The molecule has 25 heavy (non-hydrogen) atoms. The van der Waals surface area contributed by atoms with Crippen LogP contribution in [0.1, 0.15) is 25.5 Å². The molecule has 3 heterocycles. The number of tetrazole rings is 1. The number of benzene rings is 1. The van der Waals surface area contributed by atoms with Crippen molar-refractivity contribution in [3.05, 3.63) is 53.4 Å². The first kappa shape index (κ1) is 15.3. The average Bonchev–Trinajstić information content (AvgIpc) is 3.08. The number of nitrogens with one attached hydrogen (secondary N) is 2. The molecule has 8 heteroatoms. The van der Waals surface area contributed by atoms with E-state index in [2.05, 4.69) is 25.8 Å². The first-order valence-corrected chi connectivity index (χ1v) is 8.02. The smallest absolute Gasteiger partial charge is 0.338 e. The van der Waals surface area contributed by atoms with Crippen LogP contribution in [0.4, 0.5) is 5.95 Å². The molecule has 0 aliphatic carbocycles. The topological polar surface area (TPSA) is 96.1 Å². The van der Waals surface area contributed by atoms with Crippen molar-refractivity contribution >= 4 is 22.8 Å². The van der Waals surface area contributed by atoms with Gasteiger partial charge in [-0.05, 0) is 48.0 Å². The van der Waals surface area contributed by atoms with Crippen LogP contribution in [0, 0.1) is 0 Å². The van der Waals surface area contributed by atoms with Crippen LogP contribution >= 0.6 is 0 Å². The molecule has 0 amide bonds. The number of anilines is 1. The van der Waals surface area contributed by atoms with Crippen LogP contribution in [0.15, 0.2) is 47.8 Å². The molecule has 0 saturated heterocycles. The van der Waals surface area contributed by atoms with Gasteiger partial charge in [0.05, 0.1) is 12.2 Å². The number of H-pyrrole nitrogens is 1. The summed E-state index contributed by atoms with van der Waals surface area (Å²) in [4.78, 5) is 15.8. The number of ether oxygens (including phenoxy) is 1. The Morgan fingerprint density at radius 2 is 2.28 bits per heavy atom. The molecule has 1 aliphatic heterocycles. The van der Waals surface area contributed by atoms with Crippen LogP contribution in [0.25, 0.3) is 10.9 Å². The van der Waals surface area contributed by atoms with Crippen molar-refractivity contribution in [3.8, 4) is 0 Å². The van der Waals surface area contributed by atoms with Gasteiger partial charge in [0, 0.05) is 23.2 Å². The second-order valence-corrected chi connectivity index (χ2v) is 5.75. The van der Waals surface area contributed by atoms with Crippen molar-refractivity contribution in [2.45, 2.75) is 19.9 Å². The molecule has 0 bridgehead atoms. The van der Waals surface area contributed by atoms with Gasteiger partial charge in [0.15, 0.2) is 6.20 Å². The highest BCUT2D eigenvalue weighted by molar-refractivity contribution is 5.92. The van der Waals surface area contributed by atoms with Crippen LogP contribution in [-0.2, 0) is 9.53 Å². The highest BCUT2D eigenvalue weighted by Gasteiger charge is 2.35. The standard InChI is InChI=1S/C17H16N6O2/c1-3-25-16(24)14-10(2)19-17-20-21-22-23(17)15(14)12-6-7-13-11(9-12)5-4-8-18-13/h4-9,15H,3H2,1-2H3,(H,19,20,22)/p+1. The van der Waals surface area contributed by atoms with Gasteiger partial charge in [0.25, 0.3) is 0 Å². The van der Waals surface area contributed by atoms with Crippen LogP contribution in [0.5, 0.6) is 0 Å². The van der Waals surface area contributed by atoms with Gasteiger partial charge in [-0.1, -0.05) is 5.10 Å². The van der Waals surface area contributed by atoms with Gasteiger partial charge >= 0.3 is 5.97 Å². The van der Waals surface area contributed by atoms with Crippen molar-refractivity contribution < 1.29 is 14.5 Å². The molecule has 3 aromatic rings. The first-order chi connectivity index (χ1) is 12.2. The summed E-state index contributed by atoms with van der Waals surface area (Å²) in [7, 11) is 0. The molecule has 2 N–H and O–H groups in total. The zero-order valence-corrected chi connectivity index (χ0v) is 13.9. The Bertz CT molecular complexity index is 993. The number of aromatic amines is 1. The van der Waals surface area contributed by atoms with Crippen LogP contribution in [0.3, 0.4) is 0 Å². The molecule has 0 saturated carbocycles. The van der Waals surface area contributed by atoms with Gasteiger partial charge in [-0.3, -0.25) is 0 Å². The largest absolute Gasteiger partial charge is 0.463 e. The quantitative estimate of drug-likeness (QED) is 0.728. The van der Waals surface area contributed by atoms with E-state index in [1.807, 2.05) is 43.5 Å². The SMILES string of the molecule is CCOC(=O)C1=C(C)Nc2nnnn2C1c1ccc2[nH+]cccc2c1. The number of hydrogen-bond donors (Lipinski definition) is 1. The lowest BCUT2D eigenvalue weighted by molar-refractivity contribution is -0.344. The zero-order valence-electron chi connectivity index (χ0n) is 13.9. The molecule has 2 aromatic heterocycles. The minimum Gasteiger partial charge on any atom is -0.463 e. The summed E-state index contributed by atoms with van der Waals surface area (Å²) in [5, 5.41) is 15.9. The lowest BCUT2D eigenvalue weighted by Gasteiger charge is -2.27. The fraction of sp³-hybridized carbons (Fsp3) is 0.235. The number of nitrogens with zero attached hydrogens (tertiary/aromatic N) is 4. The van der Waals surface area contributed by atoms with Crippen LogP contribution in [-0.4, -0.2) is 32.8 Å². The van der Waals surface area contributed by atoms with Crippen molar-refractivity contribution in [2.75, 3.05) is 11.9 Å². The Labute approximate surface area is 143 Å². The fourth-order valence-corrected chi connectivity index (χ4v) is 3.10. The molecule has 126 valence electrons. The lowest BCUT2D eigenvalue weighted by Crippen LogP contribution is -2.29. The molecule has 1 aromatic carbocycles. The summed E-state index contributed by atoms with van der Waals surface area (Å²) >= 11 is 0. The summed E-state index contributed by atoms with van der Waals surface area (Å²) in [6.45, 7) is 3.91. The molecule has 0 radical (unpaired) electrons. The predicted octanol–water partition coefficient (Wildman–Crippen LogP) is 1.49. The Morgan fingerprint density at radius 1 is 1.40 bits per heavy atom. The third-order valence-electron chi connectivity index (χ3n) is 4.21. The van der Waals surface area contributed by atoms with Gasteiger partial charge in [-0.2, -0.15) is 4.68 Å². The highest BCUT2D eigenvalue weighted by atomic mass is 16.5. The zero-order chi connectivity index (χ0) is 17.4. The number of carbonyl (C=O) groups excluding carboxylic acids is 1. The number of hydrogen-bond acceptors (Lipinski definition) is 6. The summed E-state index contributed by atoms with van der Waals surface area (Å²) in [5.41, 5.74) is 3.10. The fourth-order valence-electron chi connectivity index (χ4n) is 3.10. The Kier molecular flexibility index (Phi) is 3.64. The van der Waals surface area contributed by atoms with E-state index in [4.69, 9.17) is 4.74 Å². The average molecular weight is 337 g/mol. The maximum Gasteiger partial charge on any atom is 0.338 e. The Morgan fingerprint density at radius 3 is 3.12 bits per heavy atom. The van der Waals surface area contributed by atoms with Crippen molar-refractivity contribution in [3.63, 3.8) is 0 Å². The lowest BCUT2D eigenvalue weighted by atomic mass is 9.94. The highest BCUT2D eigenvalue weighted by Crippen LogP contribution is 2.35. The molecule has 4 rings (SSSR count). The van der Waals surface area contributed by atoms with E-state index in [-0.39, 0.29) is 5.97 Å². The van der Waals surface area contributed by atoms with Crippen molar-refractivity contribution in [1.29, 1.82) is 0 Å². The number of fused-ring (bicyclic) bond motifs is 2. The molecule has 1 aliphatic rings. The molecule has 1 atom stereocenters. The van der Waals surface area contributed by atoms with E-state index >= 15 is 0 Å². The van der Waals surface area contributed by atoms with E-state index < -0.39 is 6.04 Å². The molecular weight excluding hydrogens is 320 g/mol. The van der Waals surface area contributed by atoms with Gasteiger partial charge in [0.1, 0.15) is 6.04 Å². The van der Waals surface area contributed by atoms with Crippen LogP contribution < -0.4 is 10.3 Å². The normalized spacial score (nSPS) is 16.5. The van der Waals surface area contributed by atoms with Gasteiger partial charge in [0.2, 0.25) is 11.5 Å². The van der Waals surface area contributed by atoms with E-state index in [9.17, 15) is 4.79 Å². The minimum absolute atomic E-state index is 0.303. The molecular formula is C17H17N6O2+. The number of allylic oxidation sites excluding steroid dienone is 1. The second kappa shape index (κ2) is 5.97. The van der Waals surface area contributed by atoms with Gasteiger partial charge in [-0.25, -0.2) is 9.78 Å². The van der Waals surface area contributed by atoms with Crippen molar-refractivity contribution in [2.24, 2.45) is 0 Å². The van der Waals surface area contributed by atoms with E-state index in [1.165, 1.54) is 0 Å². The second-order valence-electron chi connectivity index (χ2n) is 5.75. The summed E-state index contributed by atoms with van der Waals surface area (Å²) in [5.74, 6) is 0.119. The van der Waals surface area contributed by atoms with Crippen LogP contribution in [0.2, 0.25) is 0 Å². The number of carbonyl (C=O) groups is 1. The predicted molar refractivity (Wildman–Crippen MR) is 89.4 cm³/mol. The monoisotopic (exact) mass is 337 g/mol. The van der Waals surface area contributed by atoms with E-state index in [0.717, 1.165) is 16.5 Å². The third-order valence-corrected chi connectivity index (χ3v) is 4.21. The third kappa shape index (κ3) is 2.51. The number of pyridine rings is 1. The Balaban J connectivity index is 1.89. The van der Waals surface area contributed by atoms with E-state index in [1.54, 1.807) is 11.6 Å². The molecule has 0 spiro atoms. The summed E-state index contributed by atoms with van der Waals surface area (Å²) in [6, 6.07) is 9.47. The summed E-state index contributed by atoms with van der Waals surface area (Å²) in [6.07, 6.45) is 1.88. The number of esters is 1. The molecule has 0 fully saturated rings. The minimum atomic E-state index is -0.449. The van der Waals surface area contributed by atoms with Gasteiger partial charge < -0.3 is 10.1 Å². The van der Waals surface area contributed by atoms with Crippen molar-refractivity contribution in [1.82, 2.24) is 20.2 Å². The molecule has 8 nitrogen and oxygen atoms in total. The van der Waals surface area contributed by atoms with E-state index in [0.29, 0.717) is 23.8 Å². The maximum atomic E-state index is 12.6. The summed E-state index contributed by atoms with van der Waals surface area (Å²) < 4.78 is 6.86. The number of rotatable bonds is 3. The van der Waals surface area contributed by atoms with Gasteiger partial charge in [-0.15, -0.1) is 0 Å². The Hall–Kier alpha value is -3.29. The number of aromatic nitrogens is 5. The molecule has 1 unspecified atom stereocenters. The maximum absolute atomic E-state index is 12.6. The first-order valence-electron chi connectivity index (χ1n) is 8.02.